The van der Waals surface area contributed by atoms with Gasteiger partial charge in [-0.3, -0.25) is 0 Å². The maximum Gasteiger partial charge on any atom is 0.136 e. The van der Waals surface area contributed by atoms with Gasteiger partial charge < -0.3 is 4.42 Å². The van der Waals surface area contributed by atoms with Crippen molar-refractivity contribution in [1.82, 2.24) is 0 Å². The summed E-state index contributed by atoms with van der Waals surface area (Å²) < 4.78 is 229. The minimum atomic E-state index is -1.00. The molecule has 0 aliphatic heterocycles. The predicted octanol–water partition coefficient (Wildman–Crippen LogP) is 12.0. The second-order valence-electron chi connectivity index (χ2n) is 9.32. The zero-order valence-corrected chi connectivity index (χ0v) is 21.5. The van der Waals surface area contributed by atoms with Gasteiger partial charge in [0.2, 0.25) is 0 Å². The SMILES string of the molecule is [2H]c1cc([2H])c([2H])c(-c2c([2H])c([2H])c(-c3c4c([2H])c([2H])c([2H])c([2H])c4c(-c4c([2H])c([2H])c5oc6c([2H])c7c([2H])c([2H])c([2H])c([2H])c7c([2H])c6c5c4[2H])c4c([2H])c([2H])c([2H])c([2H])c34)c([2H])c2[2H])c1[2H]. The highest BCUT2D eigenvalue weighted by Crippen LogP contribution is 2.45. The first-order valence-corrected chi connectivity index (χ1v) is 12.7. The third-order valence-corrected chi connectivity index (χ3v) is 6.92. The molecule has 8 aromatic carbocycles. The molecular formula is C42H26O. The van der Waals surface area contributed by atoms with Gasteiger partial charge in [-0.2, -0.15) is 0 Å². The van der Waals surface area contributed by atoms with E-state index >= 15 is 0 Å². The first-order valence-electron chi connectivity index (χ1n) is 25.2. The molecule has 0 saturated heterocycles. The van der Waals surface area contributed by atoms with Crippen molar-refractivity contribution in [3.8, 4) is 33.4 Å². The number of hydrogen-bond acceptors (Lipinski definition) is 1. The van der Waals surface area contributed by atoms with Crippen LogP contribution in [-0.4, -0.2) is 0 Å². The van der Waals surface area contributed by atoms with E-state index in [2.05, 4.69) is 0 Å². The highest BCUT2D eigenvalue weighted by atomic mass is 16.3. The van der Waals surface area contributed by atoms with E-state index in [1.807, 2.05) is 0 Å². The number of fused-ring (bicyclic) bond motifs is 6. The Kier molecular flexibility index (Phi) is 2.19. The largest absolute Gasteiger partial charge is 0.456 e. The van der Waals surface area contributed by atoms with Crippen LogP contribution in [0.1, 0.15) is 34.3 Å². The second-order valence-corrected chi connectivity index (χ2v) is 9.32. The van der Waals surface area contributed by atoms with E-state index in [9.17, 15) is 13.7 Å². The Balaban J connectivity index is 1.57. The molecule has 1 aromatic heterocycles. The summed E-state index contributed by atoms with van der Waals surface area (Å²) in [6.07, 6.45) is 0. The third kappa shape index (κ3) is 3.79. The van der Waals surface area contributed by atoms with Gasteiger partial charge in [0.1, 0.15) is 11.2 Å². The van der Waals surface area contributed by atoms with Gasteiger partial charge in [-0.1, -0.05) is 133 Å². The molecule has 0 amide bonds. The quantitative estimate of drug-likeness (QED) is 0.192. The Morgan fingerprint density at radius 1 is 0.349 bits per heavy atom. The molecule has 0 radical (unpaired) electrons. The van der Waals surface area contributed by atoms with Crippen LogP contribution in [0.5, 0.6) is 0 Å². The van der Waals surface area contributed by atoms with Crippen LogP contribution in [0.3, 0.4) is 0 Å². The number of benzene rings is 8. The molecule has 200 valence electrons. The highest BCUT2D eigenvalue weighted by Gasteiger charge is 2.18. The van der Waals surface area contributed by atoms with Crippen molar-refractivity contribution in [1.29, 1.82) is 0 Å². The van der Waals surface area contributed by atoms with E-state index < -0.39 is 239 Å². The first kappa shape index (κ1) is 9.97. The Morgan fingerprint density at radius 3 is 1.49 bits per heavy atom. The van der Waals surface area contributed by atoms with Crippen molar-refractivity contribution < 1.29 is 38.7 Å². The normalized spacial score (nSPS) is 19.9. The number of rotatable bonds is 3. The van der Waals surface area contributed by atoms with Gasteiger partial charge in [0, 0.05) is 10.8 Å². The van der Waals surface area contributed by atoms with Crippen LogP contribution in [-0.2, 0) is 0 Å². The van der Waals surface area contributed by atoms with Gasteiger partial charge >= 0.3 is 0 Å². The lowest BCUT2D eigenvalue weighted by molar-refractivity contribution is 0.669. The molecule has 43 heavy (non-hydrogen) atoms. The summed E-state index contributed by atoms with van der Waals surface area (Å²) >= 11 is 0. The number of hydrogen-bond donors (Lipinski definition) is 0. The van der Waals surface area contributed by atoms with E-state index in [1.54, 1.807) is 0 Å². The van der Waals surface area contributed by atoms with E-state index in [-0.39, 0.29) is 0 Å². The molecule has 1 nitrogen and oxygen atoms in total. The molecule has 0 aliphatic rings. The van der Waals surface area contributed by atoms with Gasteiger partial charge in [0.05, 0.1) is 34.3 Å². The maximum atomic E-state index is 9.75. The molecular weight excluding hydrogens is 520 g/mol. The van der Waals surface area contributed by atoms with Crippen molar-refractivity contribution >= 4 is 54.3 Å². The Morgan fingerprint density at radius 2 is 0.837 bits per heavy atom. The minimum absolute atomic E-state index is 0.426. The predicted molar refractivity (Wildman–Crippen MR) is 183 cm³/mol. The molecule has 0 N–H and O–H groups in total. The summed E-state index contributed by atoms with van der Waals surface area (Å²) in [5.74, 6) is 0. The summed E-state index contributed by atoms with van der Waals surface area (Å²) in [5.41, 5.74) is -5.29. The Labute approximate surface area is 284 Å². The van der Waals surface area contributed by atoms with E-state index in [4.69, 9.17) is 25.0 Å². The van der Waals surface area contributed by atoms with Crippen molar-refractivity contribution in [3.05, 3.63) is 157 Å². The zero-order valence-electron chi connectivity index (χ0n) is 46.5. The molecule has 0 bridgehead atoms. The molecule has 9 rings (SSSR count). The molecule has 0 unspecified atom stereocenters. The average molecular weight is 572 g/mol. The molecule has 9 aromatic rings. The lowest BCUT2D eigenvalue weighted by atomic mass is 9.85. The fourth-order valence-corrected chi connectivity index (χ4v) is 5.08. The molecule has 0 aliphatic carbocycles. The van der Waals surface area contributed by atoms with Gasteiger partial charge in [0.15, 0.2) is 0 Å². The second kappa shape index (κ2) is 9.44. The van der Waals surface area contributed by atoms with E-state index in [1.165, 1.54) is 0 Å². The Bertz CT molecular complexity index is 3770. The van der Waals surface area contributed by atoms with Crippen LogP contribution in [0, 0.1) is 0 Å². The fraction of sp³-hybridized carbons (Fsp3) is 0. The molecule has 0 atom stereocenters. The first-order chi connectivity index (χ1) is 31.7. The van der Waals surface area contributed by atoms with E-state index in [0.717, 1.165) is 6.07 Å². The van der Waals surface area contributed by atoms with Crippen LogP contribution in [0.4, 0.5) is 0 Å². The third-order valence-electron chi connectivity index (χ3n) is 6.92. The van der Waals surface area contributed by atoms with Crippen molar-refractivity contribution in [2.24, 2.45) is 0 Å². The van der Waals surface area contributed by atoms with Crippen molar-refractivity contribution in [2.75, 3.05) is 0 Å². The standard InChI is InChI=1S/C42H26O/c1-2-10-27(11-3-1)28-18-20-29(21-19-28)41-33-14-6-8-16-35(33)42(36-17-9-7-15-34(36)41)32-22-23-39-37(25-32)38-24-30-12-4-5-13-31(30)26-40(38)43-39/h1-26H/i2D,3D,4D,5D,6D,7D,8D,9D,10D,11D,12D,13D,14D,15D,16D,17D,18D,19D,20D,21D,22D,23D,24D,25D,26D. The minimum Gasteiger partial charge on any atom is -0.456 e. The van der Waals surface area contributed by atoms with Crippen LogP contribution >= 0.6 is 0 Å². The van der Waals surface area contributed by atoms with Crippen LogP contribution < -0.4 is 0 Å². The number of furan rings is 1. The maximum absolute atomic E-state index is 9.75. The molecule has 1 heteroatoms. The topological polar surface area (TPSA) is 13.1 Å². The summed E-state index contributed by atoms with van der Waals surface area (Å²) in [6.45, 7) is 0. The molecule has 0 spiro atoms. The summed E-state index contributed by atoms with van der Waals surface area (Å²) in [4.78, 5) is 0. The van der Waals surface area contributed by atoms with Crippen molar-refractivity contribution in [3.63, 3.8) is 0 Å². The van der Waals surface area contributed by atoms with Gasteiger partial charge in [0.25, 0.3) is 0 Å². The summed E-state index contributed by atoms with van der Waals surface area (Å²) in [7, 11) is 0. The lowest BCUT2D eigenvalue weighted by Gasteiger charge is -2.18. The highest BCUT2D eigenvalue weighted by molar-refractivity contribution is 6.22. The van der Waals surface area contributed by atoms with Gasteiger partial charge in [-0.15, -0.1) is 0 Å². The summed E-state index contributed by atoms with van der Waals surface area (Å²) in [6, 6.07) is -20.2. The zero-order chi connectivity index (χ0) is 50.1. The molecule has 1 heterocycles. The monoisotopic (exact) mass is 571 g/mol. The van der Waals surface area contributed by atoms with E-state index in [0.29, 0.717) is 0 Å². The van der Waals surface area contributed by atoms with Crippen LogP contribution in [0.25, 0.3) is 87.6 Å². The van der Waals surface area contributed by atoms with Gasteiger partial charge in [-0.05, 0) is 89.9 Å². The molecule has 0 fully saturated rings. The summed E-state index contributed by atoms with van der Waals surface area (Å²) in [5, 5.41) is -4.56. The van der Waals surface area contributed by atoms with Crippen LogP contribution in [0.15, 0.2) is 162 Å². The average Bonchev–Trinajstić information content (AvgIpc) is 3.72. The Hall–Kier alpha value is -5.66. The fourth-order valence-electron chi connectivity index (χ4n) is 5.08. The van der Waals surface area contributed by atoms with Crippen LogP contribution in [0.2, 0.25) is 0 Å². The van der Waals surface area contributed by atoms with Gasteiger partial charge in [-0.25, -0.2) is 0 Å². The van der Waals surface area contributed by atoms with Crippen molar-refractivity contribution in [2.45, 2.75) is 0 Å². The smallest absolute Gasteiger partial charge is 0.136 e. The lowest BCUT2D eigenvalue weighted by Crippen LogP contribution is -1.91. The molecule has 0 saturated carbocycles.